The highest BCUT2D eigenvalue weighted by atomic mass is 35.5. The number of thiophene rings is 1. The van der Waals surface area contributed by atoms with Crippen LogP contribution in [-0.4, -0.2) is 11.8 Å². The second kappa shape index (κ2) is 5.66. The Hall–Kier alpha value is -1.85. The Morgan fingerprint density at radius 2 is 2.06 bits per heavy atom. The Morgan fingerprint density at radius 1 is 1.28 bits per heavy atom. The summed E-state index contributed by atoms with van der Waals surface area (Å²) in [6, 6.07) is 10.4. The summed E-state index contributed by atoms with van der Waals surface area (Å²) in [5.41, 5.74) is 6.33. The van der Waals surface area contributed by atoms with E-state index in [1.165, 1.54) is 11.3 Å². The minimum atomic E-state index is -0.486. The highest BCUT2D eigenvalue weighted by Crippen LogP contribution is 2.12. The Labute approximate surface area is 113 Å². The van der Waals surface area contributed by atoms with Crippen LogP contribution in [0, 0.1) is 0 Å². The number of amidine groups is 1. The summed E-state index contributed by atoms with van der Waals surface area (Å²) in [7, 11) is 0. The van der Waals surface area contributed by atoms with Crippen LogP contribution in [0.1, 0.15) is 15.2 Å². The number of hydrogen-bond acceptors (Lipinski definition) is 3. The van der Waals surface area contributed by atoms with Crippen molar-refractivity contribution in [3.05, 3.63) is 57.2 Å². The van der Waals surface area contributed by atoms with Gasteiger partial charge in [0, 0.05) is 0 Å². The van der Waals surface area contributed by atoms with E-state index in [1.54, 1.807) is 41.8 Å². The van der Waals surface area contributed by atoms with Gasteiger partial charge in [-0.2, -0.15) is 0 Å². The largest absolute Gasteiger partial charge is 0.397 e. The molecule has 0 aliphatic carbocycles. The first-order chi connectivity index (χ1) is 8.68. The molecule has 0 spiro atoms. The molecule has 4 nitrogen and oxygen atoms in total. The number of carbonyl (C=O) groups excluding carboxylic acids is 1. The lowest BCUT2D eigenvalue weighted by Crippen LogP contribution is -2.75. The predicted octanol–water partition coefficient (Wildman–Crippen LogP) is 0.959. The van der Waals surface area contributed by atoms with Gasteiger partial charge in [-0.05, 0) is 23.6 Å². The van der Waals surface area contributed by atoms with Gasteiger partial charge in [0.25, 0.3) is 0 Å². The molecular formula is C12H10ClN2O2S+. The van der Waals surface area contributed by atoms with E-state index in [0.717, 1.165) is 0 Å². The third-order valence-corrected chi connectivity index (χ3v) is 3.32. The molecule has 2 rings (SSSR count). The number of nitrogens with two attached hydrogens (primary N) is 1. The van der Waals surface area contributed by atoms with E-state index in [0.29, 0.717) is 15.5 Å². The lowest BCUT2D eigenvalue weighted by Gasteiger charge is -1.98. The van der Waals surface area contributed by atoms with Crippen molar-refractivity contribution in [3.63, 3.8) is 0 Å². The standard InChI is InChI=1S/C12H9ClN2O2S/c13-9-5-2-1-4-8(9)11(14)15-17-12(16)10-6-3-7-18-10/h1-7H,(H2,14,15)/p+1. The molecule has 1 heterocycles. The molecule has 0 unspecified atom stereocenters. The first-order valence-electron chi connectivity index (χ1n) is 5.06. The maximum absolute atomic E-state index is 11.6. The molecule has 0 aliphatic heterocycles. The average Bonchev–Trinajstić information content (AvgIpc) is 2.90. The Bertz CT molecular complexity index is 582. The van der Waals surface area contributed by atoms with Gasteiger partial charge in [0.1, 0.15) is 4.88 Å². The molecule has 1 aromatic heterocycles. The van der Waals surface area contributed by atoms with Gasteiger partial charge in [0.2, 0.25) is 0 Å². The van der Waals surface area contributed by atoms with Crippen LogP contribution in [0.3, 0.4) is 0 Å². The molecular weight excluding hydrogens is 272 g/mol. The van der Waals surface area contributed by atoms with E-state index in [1.807, 2.05) is 0 Å². The van der Waals surface area contributed by atoms with Crippen LogP contribution in [-0.2, 0) is 4.84 Å². The van der Waals surface area contributed by atoms with Crippen LogP contribution in [0.4, 0.5) is 0 Å². The molecule has 92 valence electrons. The van der Waals surface area contributed by atoms with Gasteiger partial charge in [-0.15, -0.1) is 11.3 Å². The van der Waals surface area contributed by atoms with Crippen LogP contribution in [0.2, 0.25) is 5.02 Å². The van der Waals surface area contributed by atoms with Gasteiger partial charge in [-0.1, -0.05) is 35.0 Å². The number of carbonyl (C=O) groups is 1. The van der Waals surface area contributed by atoms with E-state index in [-0.39, 0.29) is 5.84 Å². The molecule has 2 aromatic rings. The lowest BCUT2D eigenvalue weighted by molar-refractivity contribution is -0.721. The molecule has 6 heteroatoms. The summed E-state index contributed by atoms with van der Waals surface area (Å²) in [5.74, 6) is -0.300. The number of hydrogen-bond donors (Lipinski definition) is 2. The van der Waals surface area contributed by atoms with Gasteiger partial charge in [-0.3, -0.25) is 10.6 Å². The van der Waals surface area contributed by atoms with E-state index in [4.69, 9.17) is 22.2 Å². The lowest BCUT2D eigenvalue weighted by atomic mass is 10.2. The second-order valence-electron chi connectivity index (χ2n) is 3.36. The number of benzene rings is 1. The van der Waals surface area contributed by atoms with Crippen LogP contribution < -0.4 is 10.9 Å². The molecule has 3 N–H and O–H groups in total. The molecule has 1 aromatic carbocycles. The summed E-state index contributed by atoms with van der Waals surface area (Å²) in [6.45, 7) is 0. The Kier molecular flexibility index (Phi) is 3.96. The Morgan fingerprint density at radius 3 is 2.72 bits per heavy atom. The van der Waals surface area contributed by atoms with Crippen molar-refractivity contribution in [1.82, 2.24) is 0 Å². The fraction of sp³-hybridized carbons (Fsp3) is 0. The van der Waals surface area contributed by atoms with Crippen molar-refractivity contribution in [2.45, 2.75) is 0 Å². The quantitative estimate of drug-likeness (QED) is 0.381. The molecule has 0 radical (unpaired) electrons. The number of halogens is 1. The van der Waals surface area contributed by atoms with Crippen molar-refractivity contribution in [3.8, 4) is 0 Å². The summed E-state index contributed by atoms with van der Waals surface area (Å²) >= 11 is 7.25. The highest BCUT2D eigenvalue weighted by molar-refractivity contribution is 7.11. The minimum Gasteiger partial charge on any atom is -0.284 e. The summed E-state index contributed by atoms with van der Waals surface area (Å²) in [4.78, 5) is 16.9. The fourth-order valence-electron chi connectivity index (χ4n) is 1.28. The van der Waals surface area contributed by atoms with Crippen molar-refractivity contribution < 1.29 is 14.8 Å². The molecule has 0 atom stereocenters. The zero-order valence-electron chi connectivity index (χ0n) is 9.22. The summed E-state index contributed by atoms with van der Waals surface area (Å²) in [6.07, 6.45) is 0. The molecule has 0 saturated carbocycles. The topological polar surface area (TPSA) is 66.3 Å². The molecule has 0 amide bonds. The van der Waals surface area contributed by atoms with E-state index < -0.39 is 5.97 Å². The van der Waals surface area contributed by atoms with Gasteiger partial charge in [0.15, 0.2) is 0 Å². The third-order valence-electron chi connectivity index (χ3n) is 2.14. The van der Waals surface area contributed by atoms with E-state index in [2.05, 4.69) is 5.16 Å². The van der Waals surface area contributed by atoms with Crippen LogP contribution in [0.15, 0.2) is 41.8 Å². The monoisotopic (exact) mass is 281 g/mol. The van der Waals surface area contributed by atoms with Gasteiger partial charge in [0.05, 0.1) is 10.6 Å². The van der Waals surface area contributed by atoms with Gasteiger partial charge in [-0.25, -0.2) is 4.79 Å². The predicted molar refractivity (Wildman–Crippen MR) is 70.4 cm³/mol. The number of rotatable bonds is 3. The highest BCUT2D eigenvalue weighted by Gasteiger charge is 2.13. The van der Waals surface area contributed by atoms with Crippen LogP contribution in [0.25, 0.3) is 0 Å². The van der Waals surface area contributed by atoms with Crippen molar-refractivity contribution in [1.29, 1.82) is 0 Å². The molecule has 0 saturated heterocycles. The van der Waals surface area contributed by atoms with Crippen LogP contribution in [0.5, 0.6) is 0 Å². The molecule has 0 aliphatic rings. The number of nitrogen functional groups attached to an aromatic ring is 1. The van der Waals surface area contributed by atoms with Crippen molar-refractivity contribution >= 4 is 34.7 Å². The normalized spacial score (nSPS) is 11.3. The smallest absolute Gasteiger partial charge is 0.284 e. The summed E-state index contributed by atoms with van der Waals surface area (Å²) < 4.78 is 0. The van der Waals surface area contributed by atoms with Crippen molar-refractivity contribution in [2.75, 3.05) is 0 Å². The van der Waals surface area contributed by atoms with Crippen LogP contribution >= 0.6 is 22.9 Å². The minimum absolute atomic E-state index is 0.186. The first kappa shape index (κ1) is 12.6. The zero-order chi connectivity index (χ0) is 13.0. The first-order valence-corrected chi connectivity index (χ1v) is 6.32. The Balaban J connectivity index is 2.11. The third kappa shape index (κ3) is 2.88. The SMILES string of the molecule is NC(=[NH+]OC(=O)c1cccs1)c1ccccc1Cl. The number of nitrogens with one attached hydrogen (secondary N) is 1. The molecule has 0 fully saturated rings. The zero-order valence-corrected chi connectivity index (χ0v) is 10.8. The summed E-state index contributed by atoms with van der Waals surface area (Å²) in [5, 5.41) is 4.67. The van der Waals surface area contributed by atoms with Gasteiger partial charge >= 0.3 is 11.8 Å². The van der Waals surface area contributed by atoms with Crippen molar-refractivity contribution in [2.24, 2.45) is 5.73 Å². The van der Waals surface area contributed by atoms with Gasteiger partial charge < -0.3 is 0 Å². The van der Waals surface area contributed by atoms with E-state index in [9.17, 15) is 4.79 Å². The molecule has 0 bridgehead atoms. The van der Waals surface area contributed by atoms with E-state index >= 15 is 0 Å². The maximum atomic E-state index is 11.6. The maximum Gasteiger partial charge on any atom is 0.397 e. The fourth-order valence-corrected chi connectivity index (χ4v) is 2.12. The average molecular weight is 282 g/mol. The second-order valence-corrected chi connectivity index (χ2v) is 4.72. The molecule has 18 heavy (non-hydrogen) atoms.